The van der Waals surface area contributed by atoms with E-state index in [2.05, 4.69) is 22.8 Å². The van der Waals surface area contributed by atoms with Gasteiger partial charge in [-0.2, -0.15) is 18.3 Å². The first kappa shape index (κ1) is 29.7. The number of rotatable bonds is 7. The molecule has 2 aliphatic rings. The monoisotopic (exact) mass is 590 g/mol. The second-order valence-corrected chi connectivity index (χ2v) is 10.7. The number of fused-ring (bicyclic) bond motifs is 1. The number of aromatic nitrogens is 2. The summed E-state index contributed by atoms with van der Waals surface area (Å²) in [5.74, 6) is -0.353. The van der Waals surface area contributed by atoms with Crippen molar-refractivity contribution in [1.29, 1.82) is 0 Å². The lowest BCUT2D eigenvalue weighted by Crippen LogP contribution is -2.43. The normalized spacial score (nSPS) is 19.0. The number of nitrogens with zero attached hydrogens (tertiary/aromatic N) is 4. The molecule has 0 unspecified atom stereocenters. The average Bonchev–Trinajstić information content (AvgIpc) is 3.60. The first-order valence-corrected chi connectivity index (χ1v) is 13.6. The standard InChI is InChI=1S/C26H24ClF3N4O3S.C2H2/c27-19-5-4-17(21(12-19)26(28,29)30)14-34-22-6-3-16(10-18(22)13-31-34)11-23-24(36)33(25(37)38-23)15-20-2-1-7-32(20)8-9-35;1-2/h3-6,10-13,20,35H,1-2,7-9,14-15H2;1-2H/b23-11-;/t20-;/m0./s1. The predicted molar refractivity (Wildman–Crippen MR) is 150 cm³/mol. The molecule has 40 heavy (non-hydrogen) atoms. The Morgan fingerprint density at radius 2 is 1.95 bits per heavy atom. The lowest BCUT2D eigenvalue weighted by molar-refractivity contribution is -0.138. The third-order valence-corrected chi connectivity index (χ3v) is 7.96. The molecule has 1 aromatic heterocycles. The number of aliphatic hydroxyl groups excluding tert-OH is 1. The van der Waals surface area contributed by atoms with Crippen molar-refractivity contribution in [2.75, 3.05) is 26.2 Å². The number of halogens is 4. The van der Waals surface area contributed by atoms with Gasteiger partial charge in [0.05, 0.1) is 35.3 Å². The highest BCUT2D eigenvalue weighted by molar-refractivity contribution is 8.18. The molecule has 5 rings (SSSR count). The summed E-state index contributed by atoms with van der Waals surface area (Å²) in [6, 6.07) is 8.95. The molecular weight excluding hydrogens is 565 g/mol. The van der Waals surface area contributed by atoms with Crippen LogP contribution in [-0.2, 0) is 17.5 Å². The Kier molecular flexibility index (Phi) is 9.26. The first-order chi connectivity index (χ1) is 19.1. The molecule has 2 aromatic carbocycles. The zero-order chi connectivity index (χ0) is 29.0. The van der Waals surface area contributed by atoms with E-state index in [-0.39, 0.29) is 40.9 Å². The van der Waals surface area contributed by atoms with Gasteiger partial charge in [-0.1, -0.05) is 23.7 Å². The Labute approximate surface area is 238 Å². The molecule has 3 aromatic rings. The molecule has 0 spiro atoms. The van der Waals surface area contributed by atoms with Crippen molar-refractivity contribution in [3.63, 3.8) is 0 Å². The summed E-state index contributed by atoms with van der Waals surface area (Å²) in [5.41, 5.74) is 0.541. The maximum atomic E-state index is 13.5. The highest BCUT2D eigenvalue weighted by Gasteiger charge is 2.38. The molecule has 2 aliphatic heterocycles. The van der Waals surface area contributed by atoms with E-state index in [4.69, 9.17) is 11.6 Å². The van der Waals surface area contributed by atoms with Crippen molar-refractivity contribution >= 4 is 51.5 Å². The van der Waals surface area contributed by atoms with E-state index >= 15 is 0 Å². The van der Waals surface area contributed by atoms with Crippen molar-refractivity contribution in [1.82, 2.24) is 19.6 Å². The second-order valence-electron chi connectivity index (χ2n) is 9.27. The van der Waals surface area contributed by atoms with Crippen molar-refractivity contribution in [2.24, 2.45) is 0 Å². The van der Waals surface area contributed by atoms with E-state index in [0.29, 0.717) is 34.5 Å². The SMILES string of the molecule is C#C.O=C1S/C(=C\c2ccc3c(cnn3Cc3ccc(Cl)cc3C(F)(F)F)c2)C(=O)N1C[C@@H]1CCCN1CCO. The van der Waals surface area contributed by atoms with Crippen LogP contribution < -0.4 is 0 Å². The fraction of sp³-hybridized carbons (Fsp3) is 0.321. The summed E-state index contributed by atoms with van der Waals surface area (Å²) in [6.45, 7) is 1.57. The summed E-state index contributed by atoms with van der Waals surface area (Å²) in [6.07, 6.45) is 8.47. The van der Waals surface area contributed by atoms with Crippen LogP contribution >= 0.6 is 23.4 Å². The number of β-amino-alcohol motifs (C(OH)–C–C–N with tert-alkyl or cyclic N) is 1. The molecule has 0 aliphatic carbocycles. The number of thioether (sulfide) groups is 1. The van der Waals surface area contributed by atoms with Gasteiger partial charge in [0.1, 0.15) is 0 Å². The minimum Gasteiger partial charge on any atom is -0.395 e. The van der Waals surface area contributed by atoms with E-state index in [1.165, 1.54) is 21.7 Å². The molecule has 0 bridgehead atoms. The van der Waals surface area contributed by atoms with Crippen LogP contribution in [0.4, 0.5) is 18.0 Å². The minimum absolute atomic E-state index is 0.00572. The molecule has 1 atom stereocenters. The smallest absolute Gasteiger partial charge is 0.395 e. The van der Waals surface area contributed by atoms with Gasteiger partial charge >= 0.3 is 6.18 Å². The number of imide groups is 1. The molecule has 2 amide bonds. The maximum absolute atomic E-state index is 13.5. The van der Waals surface area contributed by atoms with Crippen molar-refractivity contribution in [3.05, 3.63) is 69.2 Å². The van der Waals surface area contributed by atoms with E-state index in [1.54, 1.807) is 30.5 Å². The fourth-order valence-electron chi connectivity index (χ4n) is 4.98. The number of aliphatic hydroxyl groups is 1. The fourth-order valence-corrected chi connectivity index (χ4v) is 6.00. The van der Waals surface area contributed by atoms with Crippen LogP contribution in [0, 0.1) is 12.8 Å². The Balaban J connectivity index is 0.00000181. The van der Waals surface area contributed by atoms with Crippen molar-refractivity contribution in [2.45, 2.75) is 31.6 Å². The molecule has 7 nitrogen and oxygen atoms in total. The van der Waals surface area contributed by atoms with Gasteiger partial charge < -0.3 is 5.11 Å². The molecule has 0 radical (unpaired) electrons. The zero-order valence-corrected chi connectivity index (χ0v) is 22.8. The largest absolute Gasteiger partial charge is 0.416 e. The van der Waals surface area contributed by atoms with E-state index in [0.717, 1.165) is 37.2 Å². The molecule has 12 heteroatoms. The molecule has 3 heterocycles. The second kappa shape index (κ2) is 12.5. The van der Waals surface area contributed by atoms with Crippen LogP contribution in [0.15, 0.2) is 47.5 Å². The van der Waals surface area contributed by atoms with Crippen molar-refractivity contribution < 1.29 is 27.9 Å². The van der Waals surface area contributed by atoms with Crippen LogP contribution in [0.3, 0.4) is 0 Å². The van der Waals surface area contributed by atoms with Gasteiger partial charge in [0.2, 0.25) is 0 Å². The lowest BCUT2D eigenvalue weighted by atomic mass is 10.1. The Morgan fingerprint density at radius 3 is 2.67 bits per heavy atom. The first-order valence-electron chi connectivity index (χ1n) is 12.4. The third kappa shape index (κ3) is 6.36. The van der Waals surface area contributed by atoms with Gasteiger partial charge in [-0.3, -0.25) is 24.1 Å². The molecule has 210 valence electrons. The van der Waals surface area contributed by atoms with E-state index in [9.17, 15) is 27.9 Å². The van der Waals surface area contributed by atoms with Gasteiger partial charge in [-0.15, -0.1) is 12.8 Å². The summed E-state index contributed by atoms with van der Waals surface area (Å²) < 4.78 is 42.0. The summed E-state index contributed by atoms with van der Waals surface area (Å²) in [4.78, 5) is 29.3. The summed E-state index contributed by atoms with van der Waals surface area (Å²) in [5, 5.41) is 13.9. The van der Waals surface area contributed by atoms with Crippen LogP contribution in [0.2, 0.25) is 5.02 Å². The molecule has 1 N–H and O–H groups in total. The van der Waals surface area contributed by atoms with Gasteiger partial charge in [0.15, 0.2) is 0 Å². The number of alkyl halides is 3. The molecule has 2 fully saturated rings. The van der Waals surface area contributed by atoms with Crippen LogP contribution in [0.25, 0.3) is 17.0 Å². The molecular formula is C28H26ClF3N4O3S. The number of terminal acetylenes is 1. The van der Waals surface area contributed by atoms with E-state index in [1.807, 2.05) is 0 Å². The van der Waals surface area contributed by atoms with Crippen LogP contribution in [0.1, 0.15) is 29.5 Å². The Bertz CT molecular complexity index is 1470. The molecule has 0 saturated carbocycles. The predicted octanol–water partition coefficient (Wildman–Crippen LogP) is 5.50. The number of carbonyl (C=O) groups is 2. The van der Waals surface area contributed by atoms with Gasteiger partial charge in [-0.05, 0) is 72.6 Å². The number of amides is 2. The Hall–Kier alpha value is -3.30. The number of hydrogen-bond acceptors (Lipinski definition) is 6. The average molecular weight is 591 g/mol. The Morgan fingerprint density at radius 1 is 1.18 bits per heavy atom. The lowest BCUT2D eigenvalue weighted by Gasteiger charge is -2.26. The summed E-state index contributed by atoms with van der Waals surface area (Å²) >= 11 is 6.67. The minimum atomic E-state index is -4.55. The zero-order valence-electron chi connectivity index (χ0n) is 21.3. The number of benzene rings is 2. The number of likely N-dealkylation sites (tertiary alicyclic amines) is 1. The third-order valence-electron chi connectivity index (χ3n) is 6.81. The number of hydrogen-bond donors (Lipinski definition) is 1. The van der Waals surface area contributed by atoms with Crippen LogP contribution in [-0.4, -0.2) is 68.1 Å². The van der Waals surface area contributed by atoms with Gasteiger partial charge in [-0.25, -0.2) is 0 Å². The highest BCUT2D eigenvalue weighted by Crippen LogP contribution is 2.36. The maximum Gasteiger partial charge on any atom is 0.416 e. The highest BCUT2D eigenvalue weighted by atomic mass is 35.5. The van der Waals surface area contributed by atoms with Gasteiger partial charge in [0, 0.05) is 29.5 Å². The topological polar surface area (TPSA) is 78.7 Å². The summed E-state index contributed by atoms with van der Waals surface area (Å²) in [7, 11) is 0. The van der Waals surface area contributed by atoms with Gasteiger partial charge in [0.25, 0.3) is 11.1 Å². The van der Waals surface area contributed by atoms with E-state index < -0.39 is 11.7 Å². The molecule has 2 saturated heterocycles. The van der Waals surface area contributed by atoms with Crippen LogP contribution in [0.5, 0.6) is 0 Å². The quantitative estimate of drug-likeness (QED) is 0.289. The number of carbonyl (C=O) groups excluding carboxylic acids is 2. The van der Waals surface area contributed by atoms with Crippen molar-refractivity contribution in [3.8, 4) is 12.8 Å².